The van der Waals surface area contributed by atoms with Gasteiger partial charge in [0.15, 0.2) is 0 Å². The summed E-state index contributed by atoms with van der Waals surface area (Å²) in [5.41, 5.74) is 6.93. The first kappa shape index (κ1) is 16.3. The molecular weight excluding hydrogens is 274 g/mol. The Bertz CT molecular complexity index is 504. The lowest BCUT2D eigenvalue weighted by atomic mass is 10.3. The van der Waals surface area contributed by atoms with Crippen LogP contribution in [0.2, 0.25) is 0 Å². The monoisotopic (exact) mass is 295 g/mol. The lowest BCUT2D eigenvalue weighted by Gasteiger charge is -2.23. The van der Waals surface area contributed by atoms with E-state index in [4.69, 9.17) is 18.0 Å². The highest BCUT2D eigenvalue weighted by atomic mass is 32.1. The standard InChI is InChI=1S/C13H21N5OS/c1-5-6-18(8-11(19)17(3)4)13-15-9(2)7-10(16-13)12(14)20/h7H,5-6,8H2,1-4H3,(H2,14,20). The first-order valence-electron chi connectivity index (χ1n) is 6.45. The predicted octanol–water partition coefficient (Wildman–Crippen LogP) is 0.724. The first-order valence-corrected chi connectivity index (χ1v) is 6.86. The van der Waals surface area contributed by atoms with Gasteiger partial charge in [0.2, 0.25) is 11.9 Å². The molecule has 0 aliphatic heterocycles. The molecule has 0 aromatic carbocycles. The van der Waals surface area contributed by atoms with Crippen LogP contribution in [0.25, 0.3) is 0 Å². The number of carbonyl (C=O) groups is 1. The zero-order valence-electron chi connectivity index (χ0n) is 12.4. The molecule has 0 spiro atoms. The molecule has 0 aliphatic carbocycles. The third-order valence-electron chi connectivity index (χ3n) is 2.70. The highest BCUT2D eigenvalue weighted by molar-refractivity contribution is 7.80. The molecule has 110 valence electrons. The number of anilines is 1. The van der Waals surface area contributed by atoms with Crippen molar-refractivity contribution >= 4 is 29.1 Å². The lowest BCUT2D eigenvalue weighted by Crippen LogP contribution is -2.38. The van der Waals surface area contributed by atoms with Crippen molar-refractivity contribution in [2.45, 2.75) is 20.3 Å². The number of carbonyl (C=O) groups excluding carboxylic acids is 1. The molecule has 7 heteroatoms. The van der Waals surface area contributed by atoms with Crippen LogP contribution in [0.4, 0.5) is 5.95 Å². The molecule has 0 atom stereocenters. The zero-order valence-corrected chi connectivity index (χ0v) is 13.2. The Morgan fingerprint density at radius 1 is 1.40 bits per heavy atom. The van der Waals surface area contributed by atoms with E-state index in [9.17, 15) is 4.79 Å². The third kappa shape index (κ3) is 4.41. The number of hydrogen-bond donors (Lipinski definition) is 1. The largest absolute Gasteiger partial charge is 0.388 e. The quantitative estimate of drug-likeness (QED) is 0.780. The number of amides is 1. The van der Waals surface area contributed by atoms with Crippen LogP contribution in [-0.2, 0) is 4.79 Å². The van der Waals surface area contributed by atoms with Gasteiger partial charge in [0, 0.05) is 26.3 Å². The second-order valence-corrected chi connectivity index (χ2v) is 5.21. The van der Waals surface area contributed by atoms with Crippen molar-refractivity contribution in [3.05, 3.63) is 17.5 Å². The average molecular weight is 295 g/mol. The number of aromatic nitrogens is 2. The second kappa shape index (κ2) is 7.14. The summed E-state index contributed by atoms with van der Waals surface area (Å²) in [6, 6.07) is 1.74. The summed E-state index contributed by atoms with van der Waals surface area (Å²) in [5, 5.41) is 0. The van der Waals surface area contributed by atoms with Gasteiger partial charge in [-0.25, -0.2) is 9.97 Å². The fourth-order valence-electron chi connectivity index (χ4n) is 1.64. The molecule has 0 saturated carbocycles. The van der Waals surface area contributed by atoms with Gasteiger partial charge in [0.25, 0.3) is 0 Å². The van der Waals surface area contributed by atoms with Crippen LogP contribution in [-0.4, -0.2) is 52.9 Å². The molecule has 0 saturated heterocycles. The van der Waals surface area contributed by atoms with E-state index >= 15 is 0 Å². The Labute approximate surface area is 125 Å². The molecule has 20 heavy (non-hydrogen) atoms. The van der Waals surface area contributed by atoms with Gasteiger partial charge in [0.1, 0.15) is 10.7 Å². The SMILES string of the molecule is CCCN(CC(=O)N(C)C)c1nc(C)cc(C(N)=S)n1. The Hall–Kier alpha value is -1.76. The minimum absolute atomic E-state index is 0.000399. The molecule has 1 heterocycles. The van der Waals surface area contributed by atoms with Crippen LogP contribution in [0.5, 0.6) is 0 Å². The van der Waals surface area contributed by atoms with E-state index in [0.717, 1.165) is 12.1 Å². The minimum atomic E-state index is 0.000399. The van der Waals surface area contributed by atoms with Gasteiger partial charge in [0.05, 0.1) is 6.54 Å². The van der Waals surface area contributed by atoms with Crippen LogP contribution in [0.3, 0.4) is 0 Å². The number of rotatable bonds is 6. The maximum Gasteiger partial charge on any atom is 0.241 e. The normalized spacial score (nSPS) is 10.2. The molecule has 0 aliphatic rings. The second-order valence-electron chi connectivity index (χ2n) is 4.77. The molecule has 1 rings (SSSR count). The van der Waals surface area contributed by atoms with Gasteiger partial charge in [-0.2, -0.15) is 0 Å². The molecule has 0 fully saturated rings. The lowest BCUT2D eigenvalue weighted by molar-refractivity contribution is -0.127. The van der Waals surface area contributed by atoms with Crippen molar-refractivity contribution in [2.24, 2.45) is 5.73 Å². The fourth-order valence-corrected chi connectivity index (χ4v) is 1.75. The summed E-state index contributed by atoms with van der Waals surface area (Å²) < 4.78 is 0. The number of hydrogen-bond acceptors (Lipinski definition) is 5. The van der Waals surface area contributed by atoms with Gasteiger partial charge in [-0.1, -0.05) is 19.1 Å². The van der Waals surface area contributed by atoms with E-state index in [1.54, 1.807) is 25.1 Å². The van der Waals surface area contributed by atoms with E-state index in [1.807, 2.05) is 18.7 Å². The summed E-state index contributed by atoms with van der Waals surface area (Å²) >= 11 is 4.96. The van der Waals surface area contributed by atoms with Crippen molar-refractivity contribution in [1.82, 2.24) is 14.9 Å². The highest BCUT2D eigenvalue weighted by Crippen LogP contribution is 2.11. The van der Waals surface area contributed by atoms with Gasteiger partial charge < -0.3 is 15.5 Å². The van der Waals surface area contributed by atoms with E-state index in [2.05, 4.69) is 9.97 Å². The van der Waals surface area contributed by atoms with Gasteiger partial charge in [-0.3, -0.25) is 4.79 Å². The topological polar surface area (TPSA) is 75.4 Å². The Balaban J connectivity index is 3.07. The van der Waals surface area contributed by atoms with Crippen LogP contribution < -0.4 is 10.6 Å². The van der Waals surface area contributed by atoms with Gasteiger partial charge in [-0.05, 0) is 19.4 Å². The minimum Gasteiger partial charge on any atom is -0.388 e. The number of likely N-dealkylation sites (N-methyl/N-ethyl adjacent to an activating group) is 1. The first-order chi connectivity index (χ1) is 9.35. The van der Waals surface area contributed by atoms with Crippen molar-refractivity contribution in [3.8, 4) is 0 Å². The number of nitrogens with zero attached hydrogens (tertiary/aromatic N) is 4. The van der Waals surface area contributed by atoms with Crippen molar-refractivity contribution in [3.63, 3.8) is 0 Å². The third-order valence-corrected chi connectivity index (χ3v) is 2.91. The molecule has 6 nitrogen and oxygen atoms in total. The van der Waals surface area contributed by atoms with Crippen molar-refractivity contribution in [2.75, 3.05) is 32.1 Å². The molecule has 0 radical (unpaired) electrons. The Kier molecular flexibility index (Phi) is 5.82. The van der Waals surface area contributed by atoms with Crippen molar-refractivity contribution < 1.29 is 4.79 Å². The van der Waals surface area contributed by atoms with Crippen LogP contribution in [0.15, 0.2) is 6.07 Å². The van der Waals surface area contributed by atoms with E-state index in [1.165, 1.54) is 0 Å². The van der Waals surface area contributed by atoms with E-state index in [0.29, 0.717) is 18.2 Å². The molecule has 1 amide bonds. The summed E-state index contributed by atoms with van der Waals surface area (Å²) in [4.78, 5) is 24.2. The average Bonchev–Trinajstić information content (AvgIpc) is 2.37. The number of aryl methyl sites for hydroxylation is 1. The zero-order chi connectivity index (χ0) is 15.3. The summed E-state index contributed by atoms with van der Waals surface area (Å²) in [6.07, 6.45) is 0.889. The number of thiocarbonyl (C=S) groups is 1. The Morgan fingerprint density at radius 2 is 2.05 bits per heavy atom. The van der Waals surface area contributed by atoms with E-state index < -0.39 is 0 Å². The van der Waals surface area contributed by atoms with Crippen LogP contribution in [0.1, 0.15) is 24.7 Å². The Morgan fingerprint density at radius 3 is 2.55 bits per heavy atom. The maximum absolute atomic E-state index is 11.9. The summed E-state index contributed by atoms with van der Waals surface area (Å²) in [7, 11) is 3.45. The van der Waals surface area contributed by atoms with Gasteiger partial charge >= 0.3 is 0 Å². The van der Waals surface area contributed by atoms with Crippen molar-refractivity contribution in [1.29, 1.82) is 0 Å². The number of nitrogens with two attached hydrogens (primary N) is 1. The summed E-state index contributed by atoms with van der Waals surface area (Å²) in [6.45, 7) is 4.82. The molecule has 1 aromatic rings. The van der Waals surface area contributed by atoms with Gasteiger partial charge in [-0.15, -0.1) is 0 Å². The molecule has 2 N–H and O–H groups in total. The molecule has 0 bridgehead atoms. The predicted molar refractivity (Wildman–Crippen MR) is 83.9 cm³/mol. The van der Waals surface area contributed by atoms with Crippen LogP contribution in [0, 0.1) is 6.92 Å². The highest BCUT2D eigenvalue weighted by Gasteiger charge is 2.16. The fraction of sp³-hybridized carbons (Fsp3) is 0.538. The molecule has 0 unspecified atom stereocenters. The maximum atomic E-state index is 11.9. The molecular formula is C13H21N5OS. The molecule has 1 aromatic heterocycles. The smallest absolute Gasteiger partial charge is 0.241 e. The van der Waals surface area contributed by atoms with E-state index in [-0.39, 0.29) is 17.4 Å². The summed E-state index contributed by atoms with van der Waals surface area (Å²) in [5.74, 6) is 0.491. The van der Waals surface area contributed by atoms with Crippen LogP contribution >= 0.6 is 12.2 Å².